The van der Waals surface area contributed by atoms with Crippen LogP contribution in [0.4, 0.5) is 5.69 Å². The predicted molar refractivity (Wildman–Crippen MR) is 122 cm³/mol. The number of carbonyl (C=O) groups is 3. The largest absolute Gasteiger partial charge is 0.482 e. The van der Waals surface area contributed by atoms with E-state index in [1.54, 1.807) is 53.4 Å². The molecule has 0 bridgehead atoms. The molecule has 0 unspecified atom stereocenters. The highest BCUT2D eigenvalue weighted by atomic mass is 32.2. The maximum absolute atomic E-state index is 12.9. The normalized spacial score (nSPS) is 15.8. The van der Waals surface area contributed by atoms with Crippen molar-refractivity contribution in [1.29, 1.82) is 0 Å². The van der Waals surface area contributed by atoms with Crippen molar-refractivity contribution < 1.29 is 28.6 Å². The fourth-order valence-corrected chi connectivity index (χ4v) is 3.91. The molecular formula is C23H22N2O6S. The van der Waals surface area contributed by atoms with Crippen LogP contribution in [0, 0.1) is 0 Å². The second kappa shape index (κ2) is 10.6. The standard InChI is InChI=1S/C23H22N2O6S/c1-4-25-21(27)19(12-15-7-5-10-18(11-15)31-14-20(26)29-2)32-23(25)24-17-9-6-8-16(13-17)22(28)30-3/h5-13H,4,14H2,1-3H3. The SMILES string of the molecule is CCN1C(=O)C(=Cc2cccc(OCC(=O)OC)c2)SC1=Nc1cccc(C(=O)OC)c1. The number of nitrogens with zero attached hydrogens (tertiary/aromatic N) is 2. The van der Waals surface area contributed by atoms with Gasteiger partial charge in [0.05, 0.1) is 30.4 Å². The summed E-state index contributed by atoms with van der Waals surface area (Å²) in [5, 5.41) is 0.517. The predicted octanol–water partition coefficient (Wildman–Crippen LogP) is 3.65. The van der Waals surface area contributed by atoms with Gasteiger partial charge in [-0.2, -0.15) is 0 Å². The van der Waals surface area contributed by atoms with Gasteiger partial charge in [0.2, 0.25) is 0 Å². The second-order valence-corrected chi connectivity index (χ2v) is 7.54. The monoisotopic (exact) mass is 454 g/mol. The molecule has 8 nitrogen and oxygen atoms in total. The third-order valence-electron chi connectivity index (χ3n) is 4.44. The van der Waals surface area contributed by atoms with Crippen LogP contribution in [0.25, 0.3) is 6.08 Å². The van der Waals surface area contributed by atoms with E-state index in [0.717, 1.165) is 5.56 Å². The summed E-state index contributed by atoms with van der Waals surface area (Å²) in [5.41, 5.74) is 1.67. The van der Waals surface area contributed by atoms with Crippen LogP contribution in [0.3, 0.4) is 0 Å². The molecule has 1 saturated heterocycles. The van der Waals surface area contributed by atoms with Crippen molar-refractivity contribution in [2.24, 2.45) is 4.99 Å². The summed E-state index contributed by atoms with van der Waals surface area (Å²) in [6.07, 6.45) is 1.74. The van der Waals surface area contributed by atoms with Crippen LogP contribution in [-0.4, -0.2) is 55.3 Å². The smallest absolute Gasteiger partial charge is 0.343 e. The molecule has 1 heterocycles. The van der Waals surface area contributed by atoms with E-state index in [9.17, 15) is 14.4 Å². The average Bonchev–Trinajstić information content (AvgIpc) is 3.10. The van der Waals surface area contributed by atoms with Gasteiger partial charge in [-0.15, -0.1) is 0 Å². The number of methoxy groups -OCH3 is 2. The molecule has 3 rings (SSSR count). The molecule has 2 aromatic carbocycles. The summed E-state index contributed by atoms with van der Waals surface area (Å²) in [7, 11) is 2.61. The van der Waals surface area contributed by atoms with Gasteiger partial charge >= 0.3 is 11.9 Å². The Bertz CT molecular complexity index is 1100. The molecule has 9 heteroatoms. The maximum atomic E-state index is 12.9. The molecule has 0 N–H and O–H groups in total. The molecule has 1 amide bonds. The van der Waals surface area contributed by atoms with Crippen molar-refractivity contribution in [3.05, 3.63) is 64.6 Å². The van der Waals surface area contributed by atoms with Gasteiger partial charge in [0.25, 0.3) is 5.91 Å². The molecule has 0 saturated carbocycles. The first kappa shape index (κ1) is 23.1. The van der Waals surface area contributed by atoms with E-state index in [4.69, 9.17) is 9.47 Å². The number of amides is 1. The van der Waals surface area contributed by atoms with E-state index in [2.05, 4.69) is 9.73 Å². The first-order valence-corrected chi connectivity index (χ1v) is 10.5. The highest BCUT2D eigenvalue weighted by Crippen LogP contribution is 2.34. The molecule has 0 atom stereocenters. The van der Waals surface area contributed by atoms with Gasteiger partial charge in [-0.3, -0.25) is 9.69 Å². The molecule has 1 fully saturated rings. The number of likely N-dealkylation sites (N-methyl/N-ethyl adjacent to an activating group) is 1. The summed E-state index contributed by atoms with van der Waals surface area (Å²) < 4.78 is 14.7. The first-order valence-electron chi connectivity index (χ1n) is 9.73. The Morgan fingerprint density at radius 3 is 2.59 bits per heavy atom. The minimum Gasteiger partial charge on any atom is -0.482 e. The van der Waals surface area contributed by atoms with Crippen LogP contribution in [0.2, 0.25) is 0 Å². The maximum Gasteiger partial charge on any atom is 0.343 e. The van der Waals surface area contributed by atoms with Gasteiger partial charge in [-0.05, 0) is 60.7 Å². The Morgan fingerprint density at radius 1 is 1.09 bits per heavy atom. The van der Waals surface area contributed by atoms with Crippen LogP contribution in [-0.2, 0) is 19.1 Å². The average molecular weight is 455 g/mol. The first-order chi connectivity index (χ1) is 15.4. The quantitative estimate of drug-likeness (QED) is 0.466. The molecule has 32 heavy (non-hydrogen) atoms. The second-order valence-electron chi connectivity index (χ2n) is 6.53. The van der Waals surface area contributed by atoms with Crippen LogP contribution in [0.15, 0.2) is 58.4 Å². The zero-order chi connectivity index (χ0) is 23.1. The summed E-state index contributed by atoms with van der Waals surface area (Å²) in [6.45, 7) is 2.11. The van der Waals surface area contributed by atoms with Gasteiger partial charge in [0.1, 0.15) is 5.75 Å². The van der Waals surface area contributed by atoms with Gasteiger partial charge in [-0.1, -0.05) is 18.2 Å². The third kappa shape index (κ3) is 5.55. The summed E-state index contributed by atoms with van der Waals surface area (Å²) >= 11 is 1.25. The lowest BCUT2D eigenvalue weighted by Crippen LogP contribution is -2.28. The number of ether oxygens (including phenoxy) is 3. The van der Waals surface area contributed by atoms with E-state index >= 15 is 0 Å². The van der Waals surface area contributed by atoms with Crippen LogP contribution in [0.1, 0.15) is 22.8 Å². The van der Waals surface area contributed by atoms with Gasteiger partial charge in [0, 0.05) is 6.54 Å². The number of carbonyl (C=O) groups excluding carboxylic acids is 3. The van der Waals surface area contributed by atoms with E-state index in [-0.39, 0.29) is 12.5 Å². The van der Waals surface area contributed by atoms with Gasteiger partial charge in [0.15, 0.2) is 11.8 Å². The molecule has 166 valence electrons. The topological polar surface area (TPSA) is 94.5 Å². The lowest BCUT2D eigenvalue weighted by Gasteiger charge is -2.12. The summed E-state index contributed by atoms with van der Waals surface area (Å²) in [4.78, 5) is 42.6. The Labute approximate surface area is 189 Å². The number of rotatable bonds is 7. The van der Waals surface area contributed by atoms with Gasteiger partial charge in [-0.25, -0.2) is 14.6 Å². The Hall–Kier alpha value is -3.59. The Morgan fingerprint density at radius 2 is 1.88 bits per heavy atom. The van der Waals surface area contributed by atoms with Crippen molar-refractivity contribution in [2.75, 3.05) is 27.4 Å². The Balaban J connectivity index is 1.84. The minimum absolute atomic E-state index is 0.166. The number of hydrogen-bond donors (Lipinski definition) is 0. The van der Waals surface area contributed by atoms with E-state index < -0.39 is 11.9 Å². The van der Waals surface area contributed by atoms with Crippen molar-refractivity contribution in [3.63, 3.8) is 0 Å². The minimum atomic E-state index is -0.481. The van der Waals surface area contributed by atoms with E-state index in [0.29, 0.717) is 33.6 Å². The zero-order valence-electron chi connectivity index (χ0n) is 17.9. The fourth-order valence-electron chi connectivity index (χ4n) is 2.85. The number of hydrogen-bond acceptors (Lipinski definition) is 8. The molecule has 2 aromatic rings. The molecule has 0 spiro atoms. The number of benzene rings is 2. The summed E-state index contributed by atoms with van der Waals surface area (Å²) in [6, 6.07) is 13.8. The summed E-state index contributed by atoms with van der Waals surface area (Å²) in [5.74, 6) is -0.613. The van der Waals surface area contributed by atoms with Crippen molar-refractivity contribution in [2.45, 2.75) is 6.92 Å². The molecule has 0 radical (unpaired) electrons. The highest BCUT2D eigenvalue weighted by molar-refractivity contribution is 8.18. The number of amidine groups is 1. The van der Waals surface area contributed by atoms with E-state index in [1.807, 2.05) is 13.0 Å². The molecular weight excluding hydrogens is 432 g/mol. The number of esters is 2. The molecule has 0 aliphatic carbocycles. The van der Waals surface area contributed by atoms with Crippen LogP contribution < -0.4 is 4.74 Å². The number of thioether (sulfide) groups is 1. The van der Waals surface area contributed by atoms with Crippen LogP contribution in [0.5, 0.6) is 5.75 Å². The highest BCUT2D eigenvalue weighted by Gasteiger charge is 2.32. The third-order valence-corrected chi connectivity index (χ3v) is 5.44. The lowest BCUT2D eigenvalue weighted by molar-refractivity contribution is -0.142. The number of aliphatic imine (C=N–C) groups is 1. The lowest BCUT2D eigenvalue weighted by atomic mass is 10.2. The van der Waals surface area contributed by atoms with Crippen molar-refractivity contribution in [1.82, 2.24) is 4.90 Å². The van der Waals surface area contributed by atoms with Crippen molar-refractivity contribution >= 4 is 46.5 Å². The van der Waals surface area contributed by atoms with Crippen molar-refractivity contribution in [3.8, 4) is 5.75 Å². The van der Waals surface area contributed by atoms with Gasteiger partial charge < -0.3 is 14.2 Å². The molecule has 1 aliphatic rings. The molecule has 1 aliphatic heterocycles. The fraction of sp³-hybridized carbons (Fsp3) is 0.217. The van der Waals surface area contributed by atoms with E-state index in [1.165, 1.54) is 26.0 Å². The zero-order valence-corrected chi connectivity index (χ0v) is 18.7. The van der Waals surface area contributed by atoms with Crippen LogP contribution >= 0.6 is 11.8 Å². The Kier molecular flexibility index (Phi) is 7.67. The molecule has 0 aromatic heterocycles.